The van der Waals surface area contributed by atoms with Gasteiger partial charge < -0.3 is 19.5 Å². The van der Waals surface area contributed by atoms with E-state index in [1.165, 1.54) is 28.7 Å². The number of benzene rings is 1. The zero-order valence-electron chi connectivity index (χ0n) is 16.7. The fraction of sp³-hybridized carbons (Fsp3) is 0.600. The van der Waals surface area contributed by atoms with Crippen LogP contribution in [-0.4, -0.2) is 45.7 Å². The molecule has 0 bridgehead atoms. The lowest BCUT2D eigenvalue weighted by Gasteiger charge is -2.52. The Morgan fingerprint density at radius 3 is 1.20 bits per heavy atom. The van der Waals surface area contributed by atoms with Crippen molar-refractivity contribution in [2.24, 2.45) is 0 Å². The smallest absolute Gasteiger partial charge is 0.335 e. The van der Waals surface area contributed by atoms with Gasteiger partial charge >= 0.3 is 5.97 Å². The highest BCUT2D eigenvalue weighted by Gasteiger charge is 2.40. The van der Waals surface area contributed by atoms with Crippen molar-refractivity contribution in [3.8, 4) is 0 Å². The average molecular weight is 351 g/mol. The Hall–Kier alpha value is -1.88. The Morgan fingerprint density at radius 1 is 0.760 bits per heavy atom. The number of aromatic carboxylic acids is 2. The molecular weight excluding hydrogens is 318 g/mol. The first-order valence-corrected chi connectivity index (χ1v) is 8.81. The molecule has 1 aromatic carbocycles. The topological polar surface area (TPSA) is 77.4 Å². The van der Waals surface area contributed by atoms with Crippen molar-refractivity contribution in [3.63, 3.8) is 0 Å². The lowest BCUT2D eigenvalue weighted by atomic mass is 10.0. The summed E-state index contributed by atoms with van der Waals surface area (Å²) >= 11 is 0. The molecule has 0 saturated carbocycles. The lowest BCUT2D eigenvalue weighted by molar-refractivity contribution is -1.00. The van der Waals surface area contributed by atoms with E-state index in [-0.39, 0.29) is 11.1 Å². The van der Waals surface area contributed by atoms with Crippen molar-refractivity contribution in [1.29, 1.82) is 0 Å². The number of carbonyl (C=O) groups is 2. The van der Waals surface area contributed by atoms with Crippen molar-refractivity contribution in [2.45, 2.75) is 79.6 Å². The van der Waals surface area contributed by atoms with Gasteiger partial charge in [0.15, 0.2) is 0 Å². The highest BCUT2D eigenvalue weighted by molar-refractivity contribution is 5.90. The maximum absolute atomic E-state index is 10.3. The van der Waals surface area contributed by atoms with E-state index in [1.807, 2.05) is 0 Å². The van der Waals surface area contributed by atoms with Crippen molar-refractivity contribution >= 4 is 11.9 Å². The predicted octanol–water partition coefficient (Wildman–Crippen LogP) is 3.19. The fourth-order valence-corrected chi connectivity index (χ4v) is 4.33. The molecule has 0 saturated heterocycles. The number of carbonyl (C=O) groups excluding carboxylic acids is 1. The maximum Gasteiger partial charge on any atom is 0.335 e. The zero-order chi connectivity index (χ0) is 19.9. The SMILES string of the molecule is CC(C)[N+](C(C)C)(C(C)C)C(C)C.O=C([O-])c1ccc(C(=O)O)cc1. The van der Waals surface area contributed by atoms with Gasteiger partial charge in [-0.3, -0.25) is 0 Å². The van der Waals surface area contributed by atoms with Gasteiger partial charge in [-0.05, 0) is 73.1 Å². The molecule has 0 atom stereocenters. The largest absolute Gasteiger partial charge is 0.545 e. The van der Waals surface area contributed by atoms with Crippen LogP contribution in [0.25, 0.3) is 0 Å². The summed E-state index contributed by atoms with van der Waals surface area (Å²) < 4.78 is 1.22. The van der Waals surface area contributed by atoms with Crippen LogP contribution >= 0.6 is 0 Å². The predicted molar refractivity (Wildman–Crippen MR) is 98.5 cm³/mol. The Balaban J connectivity index is 0.000000462. The normalized spacial score (nSPS) is 11.7. The minimum atomic E-state index is -1.31. The summed E-state index contributed by atoms with van der Waals surface area (Å²) in [4.78, 5) is 20.5. The molecule has 0 heterocycles. The van der Waals surface area contributed by atoms with Crippen LogP contribution in [-0.2, 0) is 0 Å². The third-order valence-corrected chi connectivity index (χ3v) is 4.95. The number of carboxylic acid groups (broad SMARTS) is 2. The van der Waals surface area contributed by atoms with Crippen LogP contribution in [0.15, 0.2) is 24.3 Å². The number of hydrogen-bond acceptors (Lipinski definition) is 3. The molecule has 0 spiro atoms. The molecule has 1 aromatic rings. The van der Waals surface area contributed by atoms with Crippen LogP contribution in [0.4, 0.5) is 0 Å². The summed E-state index contributed by atoms with van der Waals surface area (Å²) in [6, 6.07) is 7.65. The molecule has 142 valence electrons. The summed E-state index contributed by atoms with van der Waals surface area (Å²) in [6.07, 6.45) is 0. The van der Waals surface area contributed by atoms with Crippen LogP contribution < -0.4 is 5.11 Å². The Morgan fingerprint density at radius 2 is 1.04 bits per heavy atom. The van der Waals surface area contributed by atoms with E-state index < -0.39 is 11.9 Å². The molecular formula is C20H33NO4. The van der Waals surface area contributed by atoms with E-state index >= 15 is 0 Å². The van der Waals surface area contributed by atoms with Crippen LogP contribution in [0.1, 0.15) is 76.1 Å². The Bertz CT molecular complexity index is 489. The second kappa shape index (κ2) is 9.56. The number of nitrogens with zero attached hydrogens (tertiary/aromatic N) is 1. The molecule has 25 heavy (non-hydrogen) atoms. The van der Waals surface area contributed by atoms with Gasteiger partial charge in [-0.2, -0.15) is 0 Å². The highest BCUT2D eigenvalue weighted by atomic mass is 16.4. The first kappa shape index (κ1) is 23.1. The van der Waals surface area contributed by atoms with Crippen molar-refractivity contribution < 1.29 is 24.3 Å². The van der Waals surface area contributed by atoms with Crippen LogP contribution in [0.3, 0.4) is 0 Å². The van der Waals surface area contributed by atoms with E-state index in [0.29, 0.717) is 24.2 Å². The standard InChI is InChI=1S/C12H28N.C8H6O4/c1-9(2)13(10(3)4,11(5)6)12(7)8;9-7(10)5-1-2-6(4-3-5)8(11)12/h9-12H,1-8H3;1-4H,(H,9,10)(H,11,12)/q+1;/p-1. The molecule has 0 aliphatic heterocycles. The second-order valence-electron chi connectivity index (χ2n) is 7.44. The van der Waals surface area contributed by atoms with Gasteiger partial charge in [-0.1, -0.05) is 12.1 Å². The minimum absolute atomic E-state index is 0.0278. The maximum atomic E-state index is 10.3. The minimum Gasteiger partial charge on any atom is -0.545 e. The van der Waals surface area contributed by atoms with E-state index in [0.717, 1.165) is 0 Å². The number of hydrogen-bond donors (Lipinski definition) is 1. The molecule has 5 heteroatoms. The van der Waals surface area contributed by atoms with E-state index in [1.54, 1.807) is 0 Å². The van der Waals surface area contributed by atoms with E-state index in [9.17, 15) is 14.7 Å². The average Bonchev–Trinajstić information content (AvgIpc) is 2.46. The lowest BCUT2D eigenvalue weighted by Crippen LogP contribution is -2.65. The molecule has 5 nitrogen and oxygen atoms in total. The van der Waals surface area contributed by atoms with Crippen molar-refractivity contribution in [1.82, 2.24) is 0 Å². The first-order valence-electron chi connectivity index (χ1n) is 8.81. The first-order chi connectivity index (χ1) is 11.4. The van der Waals surface area contributed by atoms with Crippen LogP contribution in [0, 0.1) is 0 Å². The summed E-state index contributed by atoms with van der Waals surface area (Å²) in [5.41, 5.74) is 0.0278. The fourth-order valence-electron chi connectivity index (χ4n) is 4.33. The van der Waals surface area contributed by atoms with Crippen molar-refractivity contribution in [3.05, 3.63) is 35.4 Å². The second-order valence-corrected chi connectivity index (χ2v) is 7.44. The molecule has 0 aliphatic carbocycles. The highest BCUT2D eigenvalue weighted by Crippen LogP contribution is 2.28. The third kappa shape index (κ3) is 5.56. The summed E-state index contributed by atoms with van der Waals surface area (Å²) in [7, 11) is 0. The summed E-state index contributed by atoms with van der Waals surface area (Å²) in [6.45, 7) is 18.8. The number of rotatable bonds is 6. The van der Waals surface area contributed by atoms with Gasteiger partial charge in [-0.15, -0.1) is 0 Å². The zero-order valence-corrected chi connectivity index (χ0v) is 16.7. The molecule has 0 radical (unpaired) electrons. The molecule has 1 N–H and O–H groups in total. The van der Waals surface area contributed by atoms with Gasteiger partial charge in [0.2, 0.25) is 0 Å². The molecule has 0 fully saturated rings. The van der Waals surface area contributed by atoms with Gasteiger partial charge in [0.05, 0.1) is 35.7 Å². The van der Waals surface area contributed by atoms with Crippen LogP contribution in [0.2, 0.25) is 0 Å². The van der Waals surface area contributed by atoms with Crippen molar-refractivity contribution in [2.75, 3.05) is 0 Å². The number of quaternary nitrogens is 1. The van der Waals surface area contributed by atoms with Gasteiger partial charge in [0, 0.05) is 0 Å². The summed E-state index contributed by atoms with van der Waals surface area (Å²) in [5.74, 6) is -2.40. The quantitative estimate of drug-likeness (QED) is 0.799. The Kier molecular flexibility index (Phi) is 8.84. The van der Waals surface area contributed by atoms with Crippen LogP contribution in [0.5, 0.6) is 0 Å². The molecule has 0 unspecified atom stereocenters. The van der Waals surface area contributed by atoms with Gasteiger partial charge in [0.25, 0.3) is 0 Å². The third-order valence-electron chi connectivity index (χ3n) is 4.95. The monoisotopic (exact) mass is 351 g/mol. The Labute approximate surface area is 151 Å². The van der Waals surface area contributed by atoms with Gasteiger partial charge in [-0.25, -0.2) is 4.79 Å². The molecule has 0 amide bonds. The number of carboxylic acids is 2. The van der Waals surface area contributed by atoms with E-state index in [2.05, 4.69) is 55.4 Å². The van der Waals surface area contributed by atoms with Gasteiger partial charge in [0.1, 0.15) is 0 Å². The van der Waals surface area contributed by atoms with E-state index in [4.69, 9.17) is 5.11 Å². The molecule has 1 rings (SSSR count). The molecule has 0 aliphatic rings. The molecule has 0 aromatic heterocycles. The summed E-state index contributed by atoms with van der Waals surface area (Å²) in [5, 5.41) is 18.7.